The number of carbonyl (C=O) groups excluding carboxylic acids is 1. The highest BCUT2D eigenvalue weighted by atomic mass is 32.1. The molecule has 5 nitrogen and oxygen atoms in total. The first kappa shape index (κ1) is 21.3. The van der Waals surface area contributed by atoms with Gasteiger partial charge in [0, 0.05) is 23.0 Å². The third kappa shape index (κ3) is 4.39. The first-order valence-corrected chi connectivity index (χ1v) is 12.0. The molecule has 166 valence electrons. The van der Waals surface area contributed by atoms with Crippen LogP contribution in [0.4, 0.5) is 5.13 Å². The lowest BCUT2D eigenvalue weighted by Crippen LogP contribution is -2.14. The molecule has 6 heteroatoms. The Balaban J connectivity index is 1.46. The van der Waals surface area contributed by atoms with Crippen LogP contribution in [0.3, 0.4) is 0 Å². The molecule has 0 aliphatic heterocycles. The number of aromatic nitrogens is 2. The van der Waals surface area contributed by atoms with Crippen molar-refractivity contribution in [3.8, 4) is 16.9 Å². The molecule has 1 aliphatic rings. The second-order valence-corrected chi connectivity index (χ2v) is 9.23. The summed E-state index contributed by atoms with van der Waals surface area (Å²) in [6.45, 7) is 1.91. The summed E-state index contributed by atoms with van der Waals surface area (Å²) >= 11 is 1.50. The van der Waals surface area contributed by atoms with Crippen molar-refractivity contribution >= 4 is 38.2 Å². The summed E-state index contributed by atoms with van der Waals surface area (Å²) in [5.74, 6) is 0.472. The Kier molecular flexibility index (Phi) is 5.92. The van der Waals surface area contributed by atoms with Crippen LogP contribution in [0.25, 0.3) is 26.9 Å². The van der Waals surface area contributed by atoms with Gasteiger partial charge in [0.2, 0.25) is 0 Å². The van der Waals surface area contributed by atoms with E-state index in [0.717, 1.165) is 39.9 Å². The third-order valence-electron chi connectivity index (χ3n) is 5.95. The van der Waals surface area contributed by atoms with Crippen molar-refractivity contribution in [1.82, 2.24) is 9.97 Å². The van der Waals surface area contributed by atoms with Gasteiger partial charge >= 0.3 is 0 Å². The van der Waals surface area contributed by atoms with Crippen LogP contribution < -0.4 is 10.1 Å². The van der Waals surface area contributed by atoms with Gasteiger partial charge in [0.1, 0.15) is 5.75 Å². The van der Waals surface area contributed by atoms with E-state index in [1.165, 1.54) is 35.3 Å². The Morgan fingerprint density at radius 1 is 1.09 bits per heavy atom. The smallest absolute Gasteiger partial charge is 0.259 e. The van der Waals surface area contributed by atoms with Crippen LogP contribution in [0.15, 0.2) is 60.8 Å². The molecular weight excluding hydrogens is 430 g/mol. The molecule has 0 atom stereocenters. The number of carbonyl (C=O) groups is 1. The van der Waals surface area contributed by atoms with E-state index in [9.17, 15) is 4.79 Å². The highest BCUT2D eigenvalue weighted by Crippen LogP contribution is 2.35. The standard InChI is InChI=1S/C27H25N3O2S/c1-17-14-21(20-10-6-7-11-24(20)32-2)22(16-28-17)26(31)30-27-29-23-13-12-19(15-25(23)33-27)18-8-4-3-5-9-18/h6-8,10-16H,3-5,9H2,1-2H3,(H,29,30,31). The first-order valence-electron chi connectivity index (χ1n) is 11.1. The number of para-hydroxylation sites is 1. The number of fused-ring (bicyclic) bond motifs is 1. The summed E-state index contributed by atoms with van der Waals surface area (Å²) in [4.78, 5) is 22.3. The van der Waals surface area contributed by atoms with E-state index in [2.05, 4.69) is 33.5 Å². The van der Waals surface area contributed by atoms with E-state index >= 15 is 0 Å². The molecular formula is C27H25N3O2S. The van der Waals surface area contributed by atoms with Gasteiger partial charge < -0.3 is 4.74 Å². The van der Waals surface area contributed by atoms with Crippen LogP contribution >= 0.6 is 11.3 Å². The van der Waals surface area contributed by atoms with Gasteiger partial charge in [0.25, 0.3) is 5.91 Å². The number of ether oxygens (including phenoxy) is 1. The van der Waals surface area contributed by atoms with Crippen molar-refractivity contribution in [1.29, 1.82) is 0 Å². The zero-order valence-electron chi connectivity index (χ0n) is 18.7. The average Bonchev–Trinajstić information content (AvgIpc) is 3.25. The van der Waals surface area contributed by atoms with E-state index < -0.39 is 0 Å². The lowest BCUT2D eigenvalue weighted by atomic mass is 9.94. The fourth-order valence-corrected chi connectivity index (χ4v) is 5.17. The lowest BCUT2D eigenvalue weighted by molar-refractivity contribution is 0.102. The number of nitrogens with zero attached hydrogens (tertiary/aromatic N) is 2. The van der Waals surface area contributed by atoms with Gasteiger partial charge in [-0.05, 0) is 68.0 Å². The topological polar surface area (TPSA) is 64.1 Å². The number of nitrogens with one attached hydrogen (secondary N) is 1. The normalized spacial score (nSPS) is 13.6. The number of rotatable bonds is 5. The van der Waals surface area contributed by atoms with Crippen LogP contribution in [-0.2, 0) is 0 Å². The van der Waals surface area contributed by atoms with Gasteiger partial charge in [0.05, 0.1) is 22.9 Å². The van der Waals surface area contributed by atoms with Gasteiger partial charge in [-0.1, -0.05) is 41.7 Å². The lowest BCUT2D eigenvalue weighted by Gasteiger charge is -2.13. The number of aryl methyl sites for hydroxylation is 1. The van der Waals surface area contributed by atoms with Gasteiger partial charge in [-0.15, -0.1) is 0 Å². The maximum atomic E-state index is 13.3. The largest absolute Gasteiger partial charge is 0.496 e. The fourth-order valence-electron chi connectivity index (χ4n) is 4.27. The van der Waals surface area contributed by atoms with Gasteiger partial charge in [-0.3, -0.25) is 15.1 Å². The second-order valence-electron chi connectivity index (χ2n) is 8.20. The summed E-state index contributed by atoms with van der Waals surface area (Å²) in [5.41, 5.74) is 6.51. The third-order valence-corrected chi connectivity index (χ3v) is 6.89. The van der Waals surface area contributed by atoms with Crippen molar-refractivity contribution in [3.05, 3.63) is 77.6 Å². The molecule has 5 rings (SSSR count). The number of pyridine rings is 1. The van der Waals surface area contributed by atoms with E-state index in [1.54, 1.807) is 13.3 Å². The number of thiazole rings is 1. The molecule has 0 radical (unpaired) electrons. The Morgan fingerprint density at radius 2 is 1.97 bits per heavy atom. The van der Waals surface area contributed by atoms with Crippen molar-refractivity contribution in [2.24, 2.45) is 0 Å². The highest BCUT2D eigenvalue weighted by Gasteiger charge is 2.18. The summed E-state index contributed by atoms with van der Waals surface area (Å²) in [6.07, 6.45) is 8.75. The minimum Gasteiger partial charge on any atom is -0.496 e. The van der Waals surface area contributed by atoms with Crippen LogP contribution in [0, 0.1) is 6.92 Å². The maximum absolute atomic E-state index is 13.3. The monoisotopic (exact) mass is 455 g/mol. The molecule has 0 bridgehead atoms. The van der Waals surface area contributed by atoms with E-state index in [4.69, 9.17) is 4.74 Å². The Labute approximate surface area is 197 Å². The minimum atomic E-state index is -0.238. The summed E-state index contributed by atoms with van der Waals surface area (Å²) in [5, 5.41) is 3.57. The minimum absolute atomic E-state index is 0.238. The van der Waals surface area contributed by atoms with Crippen LogP contribution in [0.2, 0.25) is 0 Å². The second kappa shape index (κ2) is 9.16. The first-order chi connectivity index (χ1) is 16.1. The van der Waals surface area contributed by atoms with Crippen molar-refractivity contribution < 1.29 is 9.53 Å². The van der Waals surface area contributed by atoms with Crippen molar-refractivity contribution in [2.75, 3.05) is 12.4 Å². The molecule has 1 N–H and O–H groups in total. The number of allylic oxidation sites excluding steroid dienone is 2. The number of benzene rings is 2. The van der Waals surface area contributed by atoms with Gasteiger partial charge in [-0.25, -0.2) is 4.98 Å². The molecule has 2 aromatic heterocycles. The highest BCUT2D eigenvalue weighted by molar-refractivity contribution is 7.22. The Hall–Kier alpha value is -3.51. The zero-order valence-corrected chi connectivity index (χ0v) is 19.5. The molecule has 0 unspecified atom stereocenters. The molecule has 1 aliphatic carbocycles. The number of hydrogen-bond donors (Lipinski definition) is 1. The van der Waals surface area contributed by atoms with Crippen LogP contribution in [0.1, 0.15) is 47.3 Å². The fraction of sp³-hybridized carbons (Fsp3) is 0.222. The van der Waals surface area contributed by atoms with E-state index in [1.807, 2.05) is 43.3 Å². The van der Waals surface area contributed by atoms with Crippen molar-refractivity contribution in [3.63, 3.8) is 0 Å². The van der Waals surface area contributed by atoms with Crippen LogP contribution in [0.5, 0.6) is 5.75 Å². The SMILES string of the molecule is COc1ccccc1-c1cc(C)ncc1C(=O)Nc1nc2ccc(C3=CCCCC3)cc2s1. The number of methoxy groups -OCH3 is 1. The van der Waals surface area contributed by atoms with E-state index in [0.29, 0.717) is 16.4 Å². The molecule has 0 spiro atoms. The molecule has 0 fully saturated rings. The predicted molar refractivity (Wildman–Crippen MR) is 135 cm³/mol. The number of hydrogen-bond acceptors (Lipinski definition) is 5. The zero-order chi connectivity index (χ0) is 22.8. The van der Waals surface area contributed by atoms with Crippen molar-refractivity contribution in [2.45, 2.75) is 32.6 Å². The Bertz CT molecular complexity index is 1370. The summed E-state index contributed by atoms with van der Waals surface area (Å²) in [6, 6.07) is 16.0. The van der Waals surface area contributed by atoms with Gasteiger partial charge in [0.15, 0.2) is 5.13 Å². The molecule has 0 saturated carbocycles. The molecule has 0 saturated heterocycles. The van der Waals surface area contributed by atoms with Crippen LogP contribution in [-0.4, -0.2) is 23.0 Å². The summed E-state index contributed by atoms with van der Waals surface area (Å²) in [7, 11) is 1.63. The van der Waals surface area contributed by atoms with E-state index in [-0.39, 0.29) is 5.91 Å². The Morgan fingerprint density at radius 3 is 2.79 bits per heavy atom. The molecule has 2 aromatic carbocycles. The molecule has 1 amide bonds. The number of amides is 1. The van der Waals surface area contributed by atoms with Gasteiger partial charge in [-0.2, -0.15) is 0 Å². The number of anilines is 1. The molecule has 33 heavy (non-hydrogen) atoms. The predicted octanol–water partition coefficient (Wildman–Crippen LogP) is 6.89. The summed E-state index contributed by atoms with van der Waals surface area (Å²) < 4.78 is 6.60. The molecule has 4 aromatic rings. The maximum Gasteiger partial charge on any atom is 0.259 e. The average molecular weight is 456 g/mol. The molecule has 2 heterocycles. The quantitative estimate of drug-likeness (QED) is 0.356.